The Hall–Kier alpha value is -2.54. The molecule has 25 heavy (non-hydrogen) atoms. The summed E-state index contributed by atoms with van der Waals surface area (Å²) in [4.78, 5) is 33.7. The molecule has 1 aromatic heterocycles. The largest absolute Gasteiger partial charge is 0.353 e. The van der Waals surface area contributed by atoms with E-state index < -0.39 is 11.8 Å². The third-order valence-electron chi connectivity index (χ3n) is 4.06. The van der Waals surface area contributed by atoms with Gasteiger partial charge in [-0.1, -0.05) is 12.1 Å². The Balaban J connectivity index is 1.56. The van der Waals surface area contributed by atoms with E-state index in [4.69, 9.17) is 0 Å². The third kappa shape index (κ3) is 4.30. The fourth-order valence-electron chi connectivity index (χ4n) is 2.71. The summed E-state index contributed by atoms with van der Waals surface area (Å²) in [6.45, 7) is 2.34. The molecule has 6 nitrogen and oxygen atoms in total. The van der Waals surface area contributed by atoms with Crippen molar-refractivity contribution < 1.29 is 9.59 Å². The highest BCUT2D eigenvalue weighted by molar-refractivity contribution is 7.98. The lowest BCUT2D eigenvalue weighted by Gasteiger charge is -2.34. The highest BCUT2D eigenvalue weighted by Crippen LogP contribution is 2.19. The molecule has 0 saturated carbocycles. The molecule has 2 heterocycles. The molecule has 1 aliphatic rings. The molecule has 2 amide bonds. The van der Waals surface area contributed by atoms with E-state index >= 15 is 0 Å². The van der Waals surface area contributed by atoms with Crippen LogP contribution in [0.15, 0.2) is 53.6 Å². The van der Waals surface area contributed by atoms with Crippen molar-refractivity contribution in [2.45, 2.75) is 4.90 Å². The van der Waals surface area contributed by atoms with E-state index in [1.165, 1.54) is 0 Å². The summed E-state index contributed by atoms with van der Waals surface area (Å²) in [7, 11) is 0. The summed E-state index contributed by atoms with van der Waals surface area (Å²) in [6.07, 6.45) is 3.72. The average Bonchev–Trinajstić information content (AvgIpc) is 2.68. The fraction of sp³-hybridized carbons (Fsp3) is 0.278. The van der Waals surface area contributed by atoms with Gasteiger partial charge in [-0.05, 0) is 36.6 Å². The van der Waals surface area contributed by atoms with Crippen molar-refractivity contribution in [3.05, 3.63) is 48.7 Å². The first-order chi connectivity index (χ1) is 12.2. The SMILES string of the molecule is CSc1cccc(NC(=O)C(=O)N2CCN(c3ccccn3)CC2)c1. The van der Waals surface area contributed by atoms with Crippen LogP contribution in [0.4, 0.5) is 11.5 Å². The number of pyridine rings is 1. The summed E-state index contributed by atoms with van der Waals surface area (Å²) in [6, 6.07) is 13.2. The van der Waals surface area contributed by atoms with Gasteiger partial charge < -0.3 is 15.1 Å². The Morgan fingerprint density at radius 2 is 1.88 bits per heavy atom. The lowest BCUT2D eigenvalue weighted by molar-refractivity contribution is -0.143. The van der Waals surface area contributed by atoms with Gasteiger partial charge in [-0.15, -0.1) is 11.8 Å². The lowest BCUT2D eigenvalue weighted by atomic mass is 10.2. The van der Waals surface area contributed by atoms with Crippen LogP contribution in [-0.4, -0.2) is 54.1 Å². The first kappa shape index (κ1) is 17.3. The highest BCUT2D eigenvalue weighted by atomic mass is 32.2. The number of carbonyl (C=O) groups is 2. The minimum atomic E-state index is -0.593. The molecule has 1 fully saturated rings. The van der Waals surface area contributed by atoms with Gasteiger partial charge in [-0.3, -0.25) is 9.59 Å². The summed E-state index contributed by atoms with van der Waals surface area (Å²) < 4.78 is 0. The predicted octanol–water partition coefficient (Wildman–Crippen LogP) is 2.09. The topological polar surface area (TPSA) is 65.5 Å². The molecule has 1 N–H and O–H groups in total. The molecule has 3 rings (SSSR count). The Kier molecular flexibility index (Phi) is 5.55. The number of carbonyl (C=O) groups excluding carboxylic acids is 2. The molecule has 0 unspecified atom stereocenters. The van der Waals surface area contributed by atoms with Crippen LogP contribution in [0.3, 0.4) is 0 Å². The van der Waals surface area contributed by atoms with Crippen LogP contribution in [0.5, 0.6) is 0 Å². The quantitative estimate of drug-likeness (QED) is 0.674. The zero-order valence-corrected chi connectivity index (χ0v) is 14.8. The standard InChI is InChI=1S/C18H20N4O2S/c1-25-15-6-4-5-14(13-15)20-17(23)18(24)22-11-9-21(10-12-22)16-7-2-3-8-19-16/h2-8,13H,9-12H2,1H3,(H,20,23). The molecule has 1 saturated heterocycles. The summed E-state index contributed by atoms with van der Waals surface area (Å²) in [5.74, 6) is -0.187. The van der Waals surface area contributed by atoms with Crippen LogP contribution in [0.25, 0.3) is 0 Å². The van der Waals surface area contributed by atoms with Gasteiger partial charge in [0.25, 0.3) is 0 Å². The maximum atomic E-state index is 12.4. The minimum Gasteiger partial charge on any atom is -0.353 e. The van der Waals surface area contributed by atoms with Crippen molar-refractivity contribution in [1.29, 1.82) is 0 Å². The van der Waals surface area contributed by atoms with Gasteiger partial charge in [0, 0.05) is 43.0 Å². The van der Waals surface area contributed by atoms with Crippen molar-refractivity contribution in [3.63, 3.8) is 0 Å². The number of amides is 2. The molecule has 1 aromatic carbocycles. The van der Waals surface area contributed by atoms with Crippen LogP contribution < -0.4 is 10.2 Å². The van der Waals surface area contributed by atoms with Gasteiger partial charge in [0.15, 0.2) is 0 Å². The van der Waals surface area contributed by atoms with E-state index in [0.717, 1.165) is 10.7 Å². The van der Waals surface area contributed by atoms with Crippen LogP contribution in [-0.2, 0) is 9.59 Å². The molecule has 0 spiro atoms. The minimum absolute atomic E-state index is 0.491. The maximum Gasteiger partial charge on any atom is 0.313 e. The van der Waals surface area contributed by atoms with E-state index in [1.807, 2.05) is 42.7 Å². The van der Waals surface area contributed by atoms with Crippen LogP contribution >= 0.6 is 11.8 Å². The predicted molar refractivity (Wildman–Crippen MR) is 99.9 cm³/mol. The number of aromatic nitrogens is 1. The van der Waals surface area contributed by atoms with E-state index in [9.17, 15) is 9.59 Å². The highest BCUT2D eigenvalue weighted by Gasteiger charge is 2.26. The first-order valence-electron chi connectivity index (χ1n) is 8.07. The number of benzene rings is 1. The Bertz CT molecular complexity index is 746. The summed E-state index contributed by atoms with van der Waals surface area (Å²) in [5, 5.41) is 2.69. The molecule has 0 aliphatic carbocycles. The number of anilines is 2. The van der Waals surface area contributed by atoms with Gasteiger partial charge in [0.2, 0.25) is 0 Å². The molecule has 0 radical (unpaired) electrons. The monoisotopic (exact) mass is 356 g/mol. The van der Waals surface area contributed by atoms with Crippen molar-refractivity contribution in [3.8, 4) is 0 Å². The second-order valence-electron chi connectivity index (χ2n) is 5.65. The van der Waals surface area contributed by atoms with Crippen molar-refractivity contribution in [1.82, 2.24) is 9.88 Å². The van der Waals surface area contributed by atoms with Crippen molar-refractivity contribution >= 4 is 35.1 Å². The number of nitrogens with one attached hydrogen (secondary N) is 1. The number of hydrogen-bond acceptors (Lipinski definition) is 5. The zero-order valence-electron chi connectivity index (χ0n) is 14.0. The normalized spacial score (nSPS) is 14.3. The van der Waals surface area contributed by atoms with Gasteiger partial charge >= 0.3 is 11.8 Å². The smallest absolute Gasteiger partial charge is 0.313 e. The van der Waals surface area contributed by atoms with E-state index in [-0.39, 0.29) is 0 Å². The van der Waals surface area contributed by atoms with Gasteiger partial charge in [-0.25, -0.2) is 4.98 Å². The van der Waals surface area contributed by atoms with E-state index in [0.29, 0.717) is 31.9 Å². The molecule has 7 heteroatoms. The van der Waals surface area contributed by atoms with Crippen molar-refractivity contribution in [2.24, 2.45) is 0 Å². The van der Waals surface area contributed by atoms with Gasteiger partial charge in [0.1, 0.15) is 5.82 Å². The molecule has 2 aromatic rings. The van der Waals surface area contributed by atoms with Crippen LogP contribution in [0.1, 0.15) is 0 Å². The number of nitrogens with zero attached hydrogens (tertiary/aromatic N) is 3. The van der Waals surface area contributed by atoms with Crippen LogP contribution in [0.2, 0.25) is 0 Å². The molecule has 0 bridgehead atoms. The third-order valence-corrected chi connectivity index (χ3v) is 4.79. The molecular weight excluding hydrogens is 336 g/mol. The van der Waals surface area contributed by atoms with E-state index in [1.54, 1.807) is 28.9 Å². The Morgan fingerprint density at radius 1 is 1.08 bits per heavy atom. The molecule has 1 aliphatic heterocycles. The van der Waals surface area contributed by atoms with Gasteiger partial charge in [0.05, 0.1) is 0 Å². The van der Waals surface area contributed by atoms with Gasteiger partial charge in [-0.2, -0.15) is 0 Å². The molecule has 0 atom stereocenters. The number of thioether (sulfide) groups is 1. The zero-order chi connectivity index (χ0) is 17.6. The second kappa shape index (κ2) is 8.02. The van der Waals surface area contributed by atoms with Crippen LogP contribution in [0, 0.1) is 0 Å². The second-order valence-corrected chi connectivity index (χ2v) is 6.53. The average molecular weight is 356 g/mol. The summed E-state index contributed by atoms with van der Waals surface area (Å²) in [5.41, 5.74) is 0.636. The maximum absolute atomic E-state index is 12.4. The summed E-state index contributed by atoms with van der Waals surface area (Å²) >= 11 is 1.59. The van der Waals surface area contributed by atoms with E-state index in [2.05, 4.69) is 15.2 Å². The molecule has 130 valence electrons. The first-order valence-corrected chi connectivity index (χ1v) is 9.30. The lowest BCUT2D eigenvalue weighted by Crippen LogP contribution is -2.51. The number of rotatable bonds is 3. The number of piperazine rings is 1. The Morgan fingerprint density at radius 3 is 2.56 bits per heavy atom. The van der Waals surface area contributed by atoms with Crippen molar-refractivity contribution in [2.75, 3.05) is 42.7 Å². The molecular formula is C18H20N4O2S. The number of hydrogen-bond donors (Lipinski definition) is 1. The fourth-order valence-corrected chi connectivity index (χ4v) is 3.17. The Labute approximate surface area is 151 Å².